The molecule has 1 aromatic heterocycles. The molecular weight excluding hydrogens is 295 g/mol. The van der Waals surface area contributed by atoms with Crippen LogP contribution in [0.3, 0.4) is 0 Å². The quantitative estimate of drug-likeness (QED) is 0.895. The molecule has 1 amide bonds. The van der Waals surface area contributed by atoms with E-state index in [0.717, 1.165) is 17.5 Å². The monoisotopic (exact) mass is 309 g/mol. The molecule has 2 aromatic rings. The number of carbonyl (C=O) groups excluding carboxylic acids is 1. The molecule has 0 saturated carbocycles. The van der Waals surface area contributed by atoms with Crippen LogP contribution >= 0.6 is 0 Å². The van der Waals surface area contributed by atoms with Gasteiger partial charge in [0.1, 0.15) is 0 Å². The van der Waals surface area contributed by atoms with Gasteiger partial charge in [0.15, 0.2) is 0 Å². The van der Waals surface area contributed by atoms with Crippen LogP contribution in [0.15, 0.2) is 30.6 Å². The predicted molar refractivity (Wildman–Crippen MR) is 74.2 cm³/mol. The number of aromatic nitrogens is 2. The fourth-order valence-electron chi connectivity index (χ4n) is 2.70. The number of anilines is 1. The Balaban J connectivity index is 1.76. The molecule has 1 atom stereocenters. The van der Waals surface area contributed by atoms with Crippen molar-refractivity contribution in [2.75, 3.05) is 5.32 Å². The van der Waals surface area contributed by atoms with Crippen LogP contribution in [-0.4, -0.2) is 15.9 Å². The van der Waals surface area contributed by atoms with Crippen LogP contribution in [0.5, 0.6) is 0 Å². The molecule has 1 unspecified atom stereocenters. The van der Waals surface area contributed by atoms with Crippen LogP contribution in [0.2, 0.25) is 0 Å². The average molecular weight is 309 g/mol. The van der Waals surface area contributed by atoms with Gasteiger partial charge in [-0.3, -0.25) is 4.79 Å². The summed E-state index contributed by atoms with van der Waals surface area (Å²) >= 11 is 0. The van der Waals surface area contributed by atoms with Crippen molar-refractivity contribution in [3.05, 3.63) is 47.5 Å². The van der Waals surface area contributed by atoms with E-state index < -0.39 is 17.6 Å². The lowest BCUT2D eigenvalue weighted by Crippen LogP contribution is -2.29. The van der Waals surface area contributed by atoms with E-state index in [2.05, 4.69) is 15.3 Å². The third-order valence-corrected chi connectivity index (χ3v) is 3.85. The molecule has 4 nitrogen and oxygen atoms in total. The van der Waals surface area contributed by atoms with Crippen molar-refractivity contribution < 1.29 is 18.0 Å². The number of aryl methyl sites for hydroxylation is 1. The number of halogens is 3. The van der Waals surface area contributed by atoms with Crippen LogP contribution in [0.25, 0.3) is 0 Å². The number of hydrogen-bond acceptors (Lipinski definition) is 2. The summed E-state index contributed by atoms with van der Waals surface area (Å²) in [4.78, 5) is 19.4. The molecule has 0 spiro atoms. The maximum atomic E-state index is 12.9. The van der Waals surface area contributed by atoms with E-state index in [4.69, 9.17) is 0 Å². The van der Waals surface area contributed by atoms with E-state index in [9.17, 15) is 18.0 Å². The lowest BCUT2D eigenvalue weighted by atomic mass is 9.89. The highest BCUT2D eigenvalue weighted by Crippen LogP contribution is 2.35. The molecule has 0 bridgehead atoms. The Morgan fingerprint density at radius 2 is 2.09 bits per heavy atom. The number of benzene rings is 1. The molecular formula is C15H14F3N3O. The fourth-order valence-corrected chi connectivity index (χ4v) is 2.70. The molecule has 0 aliphatic heterocycles. The van der Waals surface area contributed by atoms with Crippen molar-refractivity contribution in [3.8, 4) is 0 Å². The zero-order valence-electron chi connectivity index (χ0n) is 11.6. The third kappa shape index (κ3) is 2.84. The Kier molecular flexibility index (Phi) is 3.64. The molecule has 0 fully saturated rings. The van der Waals surface area contributed by atoms with E-state index in [-0.39, 0.29) is 11.6 Å². The largest absolute Gasteiger partial charge is 0.418 e. The number of para-hydroxylation sites is 1. The average Bonchev–Trinajstić information content (AvgIpc) is 2.94. The second-order valence-corrected chi connectivity index (χ2v) is 5.30. The lowest BCUT2D eigenvalue weighted by Gasteiger charge is -2.21. The topological polar surface area (TPSA) is 57.8 Å². The number of carbonyl (C=O) groups is 1. The Morgan fingerprint density at radius 1 is 1.32 bits per heavy atom. The summed E-state index contributed by atoms with van der Waals surface area (Å²) in [6.45, 7) is 0. The summed E-state index contributed by atoms with van der Waals surface area (Å²) < 4.78 is 38.8. The normalized spacial score (nSPS) is 17.9. The Morgan fingerprint density at radius 3 is 2.86 bits per heavy atom. The molecule has 22 heavy (non-hydrogen) atoms. The molecule has 1 heterocycles. The number of hydrogen-bond donors (Lipinski definition) is 2. The molecule has 0 saturated heterocycles. The third-order valence-electron chi connectivity index (χ3n) is 3.85. The molecule has 2 N–H and O–H groups in total. The van der Waals surface area contributed by atoms with E-state index in [1.54, 1.807) is 6.33 Å². The summed E-state index contributed by atoms with van der Waals surface area (Å²) in [5.41, 5.74) is 0.784. The highest BCUT2D eigenvalue weighted by atomic mass is 19.4. The zero-order valence-corrected chi connectivity index (χ0v) is 11.6. The van der Waals surface area contributed by atoms with Gasteiger partial charge in [0, 0.05) is 18.0 Å². The molecule has 3 rings (SSSR count). The van der Waals surface area contributed by atoms with Crippen molar-refractivity contribution in [2.24, 2.45) is 5.92 Å². The van der Waals surface area contributed by atoms with Gasteiger partial charge in [-0.25, -0.2) is 4.98 Å². The van der Waals surface area contributed by atoms with Gasteiger partial charge >= 0.3 is 6.18 Å². The number of nitrogens with one attached hydrogen (secondary N) is 2. The Hall–Kier alpha value is -2.31. The van der Waals surface area contributed by atoms with Gasteiger partial charge in [0.2, 0.25) is 5.91 Å². The molecule has 1 aliphatic rings. The molecule has 7 heteroatoms. The summed E-state index contributed by atoms with van der Waals surface area (Å²) in [5.74, 6) is -0.744. The van der Waals surface area contributed by atoms with Crippen LogP contribution in [0, 0.1) is 5.92 Å². The minimum Gasteiger partial charge on any atom is -0.348 e. The standard InChI is InChI=1S/C15H14F3N3O/c16-15(17,18)10-3-1-2-4-11(10)21-14(22)9-5-6-12-13(7-9)20-8-19-12/h1-4,8-9H,5-7H2,(H,19,20)(H,21,22). The molecule has 116 valence electrons. The van der Waals surface area contributed by atoms with E-state index >= 15 is 0 Å². The first-order valence-corrected chi connectivity index (χ1v) is 6.93. The predicted octanol–water partition coefficient (Wildman–Crippen LogP) is 3.17. The minimum absolute atomic E-state index is 0.199. The Bertz CT molecular complexity index is 693. The second kappa shape index (κ2) is 5.47. The van der Waals surface area contributed by atoms with E-state index in [1.165, 1.54) is 18.2 Å². The van der Waals surface area contributed by atoms with Gasteiger partial charge < -0.3 is 10.3 Å². The maximum Gasteiger partial charge on any atom is 0.418 e. The summed E-state index contributed by atoms with van der Waals surface area (Å²) in [6.07, 6.45) is -1.22. The van der Waals surface area contributed by atoms with Crippen LogP contribution in [0.4, 0.5) is 18.9 Å². The zero-order chi connectivity index (χ0) is 15.7. The molecule has 1 aliphatic carbocycles. The highest BCUT2D eigenvalue weighted by molar-refractivity contribution is 5.93. The van der Waals surface area contributed by atoms with Crippen LogP contribution < -0.4 is 5.32 Å². The number of nitrogens with zero attached hydrogens (tertiary/aromatic N) is 1. The van der Waals surface area contributed by atoms with Gasteiger partial charge in [-0.2, -0.15) is 13.2 Å². The first-order chi connectivity index (χ1) is 10.4. The van der Waals surface area contributed by atoms with Crippen molar-refractivity contribution in [2.45, 2.75) is 25.4 Å². The van der Waals surface area contributed by atoms with Crippen molar-refractivity contribution in [1.29, 1.82) is 0 Å². The number of imidazole rings is 1. The van der Waals surface area contributed by atoms with Gasteiger partial charge in [-0.05, 0) is 25.0 Å². The molecule has 0 radical (unpaired) electrons. The maximum absolute atomic E-state index is 12.9. The van der Waals surface area contributed by atoms with Gasteiger partial charge in [-0.15, -0.1) is 0 Å². The number of amides is 1. The van der Waals surface area contributed by atoms with Crippen molar-refractivity contribution in [3.63, 3.8) is 0 Å². The smallest absolute Gasteiger partial charge is 0.348 e. The van der Waals surface area contributed by atoms with Crippen molar-refractivity contribution >= 4 is 11.6 Å². The first kappa shape index (κ1) is 14.6. The Labute approximate surface area is 124 Å². The van der Waals surface area contributed by atoms with E-state index in [1.807, 2.05) is 0 Å². The SMILES string of the molecule is O=C(Nc1ccccc1C(F)(F)F)C1CCc2nc[nH]c2C1. The van der Waals surface area contributed by atoms with Gasteiger partial charge in [0.05, 0.1) is 23.3 Å². The number of alkyl halides is 3. The summed E-state index contributed by atoms with van der Waals surface area (Å²) in [5, 5.41) is 2.42. The highest BCUT2D eigenvalue weighted by Gasteiger charge is 2.34. The molecule has 1 aromatic carbocycles. The van der Waals surface area contributed by atoms with Crippen LogP contribution in [0.1, 0.15) is 23.4 Å². The number of fused-ring (bicyclic) bond motifs is 1. The first-order valence-electron chi connectivity index (χ1n) is 6.93. The number of aromatic amines is 1. The summed E-state index contributed by atoms with van der Waals surface area (Å²) in [7, 11) is 0. The minimum atomic E-state index is -4.49. The van der Waals surface area contributed by atoms with Gasteiger partial charge in [-0.1, -0.05) is 12.1 Å². The summed E-state index contributed by atoms with van der Waals surface area (Å²) in [6, 6.07) is 5.00. The van der Waals surface area contributed by atoms with Crippen LogP contribution in [-0.2, 0) is 23.8 Å². The fraction of sp³-hybridized carbons (Fsp3) is 0.333. The van der Waals surface area contributed by atoms with E-state index in [0.29, 0.717) is 19.3 Å². The number of H-pyrrole nitrogens is 1. The van der Waals surface area contributed by atoms with Gasteiger partial charge in [0.25, 0.3) is 0 Å². The van der Waals surface area contributed by atoms with Crippen molar-refractivity contribution in [1.82, 2.24) is 9.97 Å². The lowest BCUT2D eigenvalue weighted by molar-refractivity contribution is -0.137. The second-order valence-electron chi connectivity index (χ2n) is 5.30. The number of rotatable bonds is 2.